The summed E-state index contributed by atoms with van der Waals surface area (Å²) in [6, 6.07) is 8.75. The number of hydrogen-bond acceptors (Lipinski definition) is 5. The second-order valence-electron chi connectivity index (χ2n) is 5.60. The predicted molar refractivity (Wildman–Crippen MR) is 85.5 cm³/mol. The standard InChI is InChI=1S/C17H19N3O4/c1-12(21)19-9-10-20(17(22)16-7-8-18-24-16)14(11-19)13-5-3-4-6-15(13)23-2/h3-8,14H,9-11H2,1-2H3/t14-/m0/s1. The minimum absolute atomic E-state index is 0.0123. The molecule has 0 bridgehead atoms. The van der Waals surface area contributed by atoms with Crippen LogP contribution in [-0.4, -0.2) is 53.5 Å². The summed E-state index contributed by atoms with van der Waals surface area (Å²) in [7, 11) is 1.59. The minimum atomic E-state index is -0.309. The highest BCUT2D eigenvalue weighted by atomic mass is 16.5. The molecule has 7 heteroatoms. The summed E-state index contributed by atoms with van der Waals surface area (Å²) in [5.74, 6) is 0.614. The van der Waals surface area contributed by atoms with Crippen molar-refractivity contribution < 1.29 is 18.8 Å². The molecule has 2 amide bonds. The van der Waals surface area contributed by atoms with E-state index in [1.54, 1.807) is 23.0 Å². The molecule has 0 N–H and O–H groups in total. The van der Waals surface area contributed by atoms with Gasteiger partial charge in [0.25, 0.3) is 5.91 Å². The summed E-state index contributed by atoms with van der Waals surface area (Å²) >= 11 is 0. The maximum Gasteiger partial charge on any atom is 0.293 e. The van der Waals surface area contributed by atoms with Gasteiger partial charge in [-0.1, -0.05) is 23.4 Å². The monoisotopic (exact) mass is 329 g/mol. The summed E-state index contributed by atoms with van der Waals surface area (Å²) < 4.78 is 10.4. The molecule has 0 aliphatic carbocycles. The second kappa shape index (κ2) is 6.74. The topological polar surface area (TPSA) is 75.9 Å². The molecular formula is C17H19N3O4. The second-order valence-corrected chi connectivity index (χ2v) is 5.60. The highest BCUT2D eigenvalue weighted by molar-refractivity contribution is 5.92. The number of nitrogens with zero attached hydrogens (tertiary/aromatic N) is 3. The fraction of sp³-hybridized carbons (Fsp3) is 0.353. The lowest BCUT2D eigenvalue weighted by atomic mass is 10.0. The van der Waals surface area contributed by atoms with Gasteiger partial charge in [-0.25, -0.2) is 0 Å². The Kier molecular flexibility index (Phi) is 4.50. The van der Waals surface area contributed by atoms with E-state index in [1.807, 2.05) is 24.3 Å². The van der Waals surface area contributed by atoms with Crippen molar-refractivity contribution in [3.8, 4) is 5.75 Å². The number of rotatable bonds is 3. The van der Waals surface area contributed by atoms with Crippen LogP contribution in [0.1, 0.15) is 29.1 Å². The molecule has 7 nitrogen and oxygen atoms in total. The third-order valence-electron chi connectivity index (χ3n) is 4.23. The maximum atomic E-state index is 12.8. The number of amides is 2. The number of ether oxygens (including phenoxy) is 1. The van der Waals surface area contributed by atoms with Gasteiger partial charge in [-0.15, -0.1) is 0 Å². The Balaban J connectivity index is 1.97. The van der Waals surface area contributed by atoms with E-state index < -0.39 is 0 Å². The normalized spacial score (nSPS) is 17.7. The van der Waals surface area contributed by atoms with Crippen LogP contribution in [0.25, 0.3) is 0 Å². The van der Waals surface area contributed by atoms with E-state index in [-0.39, 0.29) is 23.6 Å². The van der Waals surface area contributed by atoms with E-state index in [4.69, 9.17) is 9.26 Å². The molecule has 0 radical (unpaired) electrons. The van der Waals surface area contributed by atoms with Crippen molar-refractivity contribution in [2.24, 2.45) is 0 Å². The molecule has 1 fully saturated rings. The van der Waals surface area contributed by atoms with Gasteiger partial charge in [-0.05, 0) is 6.07 Å². The maximum absolute atomic E-state index is 12.8. The zero-order chi connectivity index (χ0) is 17.1. The number of methoxy groups -OCH3 is 1. The van der Waals surface area contributed by atoms with Crippen LogP contribution in [-0.2, 0) is 4.79 Å². The van der Waals surface area contributed by atoms with E-state index in [2.05, 4.69) is 5.16 Å². The van der Waals surface area contributed by atoms with Crippen LogP contribution >= 0.6 is 0 Å². The smallest absolute Gasteiger partial charge is 0.293 e. The van der Waals surface area contributed by atoms with Gasteiger partial charge in [0, 0.05) is 38.2 Å². The Bertz CT molecular complexity index is 729. The predicted octanol–water partition coefficient (Wildman–Crippen LogP) is 1.73. The summed E-state index contributed by atoms with van der Waals surface area (Å²) in [6.07, 6.45) is 1.44. The van der Waals surface area contributed by atoms with Crippen molar-refractivity contribution in [3.63, 3.8) is 0 Å². The Labute approximate surface area is 139 Å². The summed E-state index contributed by atoms with van der Waals surface area (Å²) in [5, 5.41) is 3.60. The molecule has 0 saturated carbocycles. The van der Waals surface area contributed by atoms with Crippen molar-refractivity contribution in [2.75, 3.05) is 26.7 Å². The molecule has 1 aromatic heterocycles. The minimum Gasteiger partial charge on any atom is -0.496 e. The van der Waals surface area contributed by atoms with Crippen LogP contribution in [0.3, 0.4) is 0 Å². The largest absolute Gasteiger partial charge is 0.496 e. The lowest BCUT2D eigenvalue weighted by Gasteiger charge is -2.41. The van der Waals surface area contributed by atoms with E-state index in [1.165, 1.54) is 13.1 Å². The van der Waals surface area contributed by atoms with Gasteiger partial charge in [-0.3, -0.25) is 9.59 Å². The SMILES string of the molecule is COc1ccccc1[C@@H]1CN(C(C)=O)CCN1C(=O)c1ccno1. The average Bonchev–Trinajstić information content (AvgIpc) is 3.15. The highest BCUT2D eigenvalue weighted by Crippen LogP contribution is 2.33. The number of carbonyl (C=O) groups is 2. The first-order chi connectivity index (χ1) is 11.6. The van der Waals surface area contributed by atoms with E-state index >= 15 is 0 Å². The molecule has 1 atom stereocenters. The van der Waals surface area contributed by atoms with Crippen LogP contribution in [0.5, 0.6) is 5.75 Å². The van der Waals surface area contributed by atoms with Crippen LogP contribution in [0.2, 0.25) is 0 Å². The molecule has 0 spiro atoms. The Morgan fingerprint density at radius 1 is 1.25 bits per heavy atom. The van der Waals surface area contributed by atoms with Crippen LogP contribution < -0.4 is 4.74 Å². The van der Waals surface area contributed by atoms with Crippen molar-refractivity contribution in [1.82, 2.24) is 15.0 Å². The van der Waals surface area contributed by atoms with Gasteiger partial charge >= 0.3 is 0 Å². The summed E-state index contributed by atoms with van der Waals surface area (Å²) in [4.78, 5) is 28.0. The first kappa shape index (κ1) is 16.0. The highest BCUT2D eigenvalue weighted by Gasteiger charge is 2.35. The molecule has 126 valence electrons. The molecule has 3 rings (SSSR count). The van der Waals surface area contributed by atoms with Crippen LogP contribution in [0.4, 0.5) is 0 Å². The molecule has 1 saturated heterocycles. The molecule has 0 unspecified atom stereocenters. The van der Waals surface area contributed by atoms with Gasteiger partial charge in [0.05, 0.1) is 19.3 Å². The van der Waals surface area contributed by atoms with Gasteiger partial charge in [0.1, 0.15) is 5.75 Å². The van der Waals surface area contributed by atoms with E-state index in [9.17, 15) is 9.59 Å². The van der Waals surface area contributed by atoms with Crippen molar-refractivity contribution >= 4 is 11.8 Å². The number of piperazine rings is 1. The molecule has 24 heavy (non-hydrogen) atoms. The number of benzene rings is 1. The van der Waals surface area contributed by atoms with Crippen molar-refractivity contribution in [3.05, 3.63) is 47.9 Å². The first-order valence-corrected chi connectivity index (χ1v) is 7.72. The van der Waals surface area contributed by atoms with Crippen LogP contribution in [0.15, 0.2) is 41.1 Å². The zero-order valence-electron chi connectivity index (χ0n) is 13.6. The Morgan fingerprint density at radius 3 is 2.71 bits per heavy atom. The fourth-order valence-corrected chi connectivity index (χ4v) is 2.99. The Hall–Kier alpha value is -2.83. The quantitative estimate of drug-likeness (QED) is 0.857. The third kappa shape index (κ3) is 2.97. The Morgan fingerprint density at radius 2 is 2.04 bits per heavy atom. The average molecular weight is 329 g/mol. The molecule has 2 aromatic rings. The molecule has 1 aromatic carbocycles. The third-order valence-corrected chi connectivity index (χ3v) is 4.23. The lowest BCUT2D eigenvalue weighted by Crippen LogP contribution is -2.51. The summed E-state index contributed by atoms with van der Waals surface area (Å²) in [5.41, 5.74) is 0.860. The number of carbonyl (C=O) groups excluding carboxylic acids is 2. The van der Waals surface area contributed by atoms with Gasteiger partial charge in [0.2, 0.25) is 11.7 Å². The zero-order valence-corrected chi connectivity index (χ0v) is 13.6. The first-order valence-electron chi connectivity index (χ1n) is 7.72. The molecule has 1 aliphatic heterocycles. The molecular weight excluding hydrogens is 310 g/mol. The number of aromatic nitrogens is 1. The van der Waals surface area contributed by atoms with Gasteiger partial charge in [-0.2, -0.15) is 0 Å². The molecule has 2 heterocycles. The number of para-hydroxylation sites is 1. The fourth-order valence-electron chi connectivity index (χ4n) is 2.99. The van der Waals surface area contributed by atoms with E-state index in [0.29, 0.717) is 25.4 Å². The molecule has 1 aliphatic rings. The van der Waals surface area contributed by atoms with Gasteiger partial charge < -0.3 is 19.1 Å². The lowest BCUT2D eigenvalue weighted by molar-refractivity contribution is -0.131. The van der Waals surface area contributed by atoms with Crippen molar-refractivity contribution in [1.29, 1.82) is 0 Å². The summed E-state index contributed by atoms with van der Waals surface area (Å²) in [6.45, 7) is 2.85. The van der Waals surface area contributed by atoms with Crippen LogP contribution in [0, 0.1) is 0 Å². The number of hydrogen-bond donors (Lipinski definition) is 0. The van der Waals surface area contributed by atoms with Crippen molar-refractivity contribution in [2.45, 2.75) is 13.0 Å². The van der Waals surface area contributed by atoms with E-state index in [0.717, 1.165) is 5.56 Å². The van der Waals surface area contributed by atoms with Gasteiger partial charge in [0.15, 0.2) is 0 Å².